The number of ether oxygens (including phenoxy) is 14. The first-order valence-corrected chi connectivity index (χ1v) is 29.8. The molecule has 7 rings (SSSR count). The standard InChI is InChI=1S/C52H90N2O39/c1-12-25(65)33(73)37(77)48(81-12)92-44-35(75)28(68)18(7-57)83-51(44)89-41-20(9-59)85-46(23(31(41)71)53-14(3)61)80-11-22-30(70)43(39(79)50(87-22)88-40(17(64)6-56)27(67)16(63)5-55)91-47-24(54-15(4)62)32(72)42(21(10-60)86-47)90-52-45(36(76)29(69)19(8-58)84-52)93-49-38(78)34(74)26(66)13(2)82-49/h12-13,16-52,55-60,63-79H,5-11H2,1-4H3,(H,53,61)(H,54,62)/t12-,13-,16-,17+,18+,19+,20+,21+,22+,23+,24+,25+,26+,27+,28-,29-,30-,31+,32+,33+,34+,35-,36-,37-,38-,39+,40+,41+,42+,43-,44+,45+,46+,47-,48-,49-,50-,51-,52-/m0/s1. The third kappa shape index (κ3) is 17.4. The summed E-state index contributed by atoms with van der Waals surface area (Å²) in [7, 11) is 0. The number of carbonyl (C=O) groups excluding carboxylic acids is 2. The number of amides is 2. The molecular weight excluding hydrogens is 1280 g/mol. The summed E-state index contributed by atoms with van der Waals surface area (Å²) in [5.74, 6) is -1.84. The Labute approximate surface area is 528 Å². The van der Waals surface area contributed by atoms with E-state index in [1.807, 2.05) is 0 Å². The zero-order chi connectivity index (χ0) is 68.9. The van der Waals surface area contributed by atoms with Gasteiger partial charge in [0.25, 0.3) is 0 Å². The van der Waals surface area contributed by atoms with Gasteiger partial charge in [0.15, 0.2) is 44.0 Å². The molecule has 0 unspecified atom stereocenters. The van der Waals surface area contributed by atoms with Gasteiger partial charge in [-0.3, -0.25) is 9.59 Å². The molecule has 25 N–H and O–H groups in total. The first-order valence-electron chi connectivity index (χ1n) is 29.8. The van der Waals surface area contributed by atoms with E-state index < -0.39 is 297 Å². The second kappa shape index (κ2) is 34.0. The van der Waals surface area contributed by atoms with E-state index in [0.29, 0.717) is 0 Å². The number of hydrogen-bond donors (Lipinski definition) is 25. The predicted molar refractivity (Wildman–Crippen MR) is 287 cm³/mol. The van der Waals surface area contributed by atoms with Gasteiger partial charge in [-0.15, -0.1) is 0 Å². The van der Waals surface area contributed by atoms with Gasteiger partial charge >= 0.3 is 0 Å². The van der Waals surface area contributed by atoms with Gasteiger partial charge < -0.3 is 194 Å². The number of nitrogens with one attached hydrogen (secondary N) is 2. The van der Waals surface area contributed by atoms with Crippen LogP contribution in [0.5, 0.6) is 0 Å². The molecule has 93 heavy (non-hydrogen) atoms. The molecule has 0 bridgehead atoms. The van der Waals surface area contributed by atoms with Gasteiger partial charge in [-0.1, -0.05) is 0 Å². The van der Waals surface area contributed by atoms with Gasteiger partial charge in [-0.25, -0.2) is 0 Å². The van der Waals surface area contributed by atoms with E-state index in [1.54, 1.807) is 0 Å². The third-order valence-electron chi connectivity index (χ3n) is 17.0. The summed E-state index contributed by atoms with van der Waals surface area (Å²) < 4.78 is 81.7. The van der Waals surface area contributed by atoms with E-state index in [4.69, 9.17) is 66.3 Å². The van der Waals surface area contributed by atoms with Crippen molar-refractivity contribution in [3.05, 3.63) is 0 Å². The quantitative estimate of drug-likeness (QED) is 0.0382. The van der Waals surface area contributed by atoms with Gasteiger partial charge in [-0.2, -0.15) is 0 Å². The van der Waals surface area contributed by atoms with E-state index in [-0.39, 0.29) is 0 Å². The van der Waals surface area contributed by atoms with Crippen molar-refractivity contribution in [3.8, 4) is 0 Å². The molecule has 7 aliphatic rings. The molecule has 0 saturated carbocycles. The zero-order valence-corrected chi connectivity index (χ0v) is 50.3. The number of rotatable bonds is 26. The predicted octanol–water partition coefficient (Wildman–Crippen LogP) is -16.5. The smallest absolute Gasteiger partial charge is 0.217 e. The van der Waals surface area contributed by atoms with Crippen molar-refractivity contribution in [1.29, 1.82) is 0 Å². The van der Waals surface area contributed by atoms with E-state index in [2.05, 4.69) is 10.6 Å². The molecule has 7 saturated heterocycles. The van der Waals surface area contributed by atoms with Crippen molar-refractivity contribution in [2.75, 3.05) is 46.2 Å². The molecule has 0 aromatic rings. The highest BCUT2D eigenvalue weighted by molar-refractivity contribution is 5.73. The molecule has 7 heterocycles. The first-order chi connectivity index (χ1) is 43.9. The van der Waals surface area contributed by atoms with Crippen LogP contribution in [0.4, 0.5) is 0 Å². The Bertz CT molecular complexity index is 2300. The minimum atomic E-state index is -2.43. The van der Waals surface area contributed by atoms with Crippen LogP contribution in [0.15, 0.2) is 0 Å². The van der Waals surface area contributed by atoms with Crippen LogP contribution in [0.2, 0.25) is 0 Å². The lowest BCUT2D eigenvalue weighted by molar-refractivity contribution is -0.391. The molecule has 0 spiro atoms. The van der Waals surface area contributed by atoms with E-state index in [9.17, 15) is 127 Å². The average Bonchev–Trinajstić information content (AvgIpc) is 0.780. The molecule has 2 amide bonds. The van der Waals surface area contributed by atoms with Crippen LogP contribution in [-0.4, -0.2) is 415 Å². The molecule has 7 aliphatic heterocycles. The molecule has 39 atom stereocenters. The van der Waals surface area contributed by atoms with Crippen molar-refractivity contribution in [1.82, 2.24) is 10.6 Å². The second-order valence-electron chi connectivity index (χ2n) is 23.6. The Balaban J connectivity index is 1.17. The monoisotopic (exact) mass is 1370 g/mol. The molecule has 0 aliphatic carbocycles. The second-order valence-corrected chi connectivity index (χ2v) is 23.6. The van der Waals surface area contributed by atoms with Crippen LogP contribution in [0.25, 0.3) is 0 Å². The fourth-order valence-corrected chi connectivity index (χ4v) is 11.6. The highest BCUT2D eigenvalue weighted by Gasteiger charge is 2.59. The number of aliphatic hydroxyl groups is 23. The number of aliphatic hydroxyl groups excluding tert-OH is 23. The Kier molecular flexibility index (Phi) is 28.5. The van der Waals surface area contributed by atoms with Crippen molar-refractivity contribution < 1.29 is 193 Å². The van der Waals surface area contributed by atoms with Crippen LogP contribution in [0.1, 0.15) is 27.7 Å². The molecule has 542 valence electrons. The molecule has 0 aromatic heterocycles. The lowest BCUT2D eigenvalue weighted by Gasteiger charge is -2.50. The van der Waals surface area contributed by atoms with Crippen LogP contribution in [0, 0.1) is 0 Å². The van der Waals surface area contributed by atoms with Crippen molar-refractivity contribution >= 4 is 11.8 Å². The molecule has 0 aromatic carbocycles. The summed E-state index contributed by atoms with van der Waals surface area (Å²) in [6, 6.07) is -3.77. The van der Waals surface area contributed by atoms with Crippen molar-refractivity contribution in [2.45, 2.75) is 267 Å². The Morgan fingerprint density at radius 3 is 1.15 bits per heavy atom. The average molecular weight is 1370 g/mol. The minimum Gasteiger partial charge on any atom is -0.394 e. The number of carbonyl (C=O) groups is 2. The fraction of sp³-hybridized carbons (Fsp3) is 0.962. The van der Waals surface area contributed by atoms with Gasteiger partial charge in [0.05, 0.1) is 58.5 Å². The van der Waals surface area contributed by atoms with Crippen molar-refractivity contribution in [2.24, 2.45) is 0 Å². The lowest BCUT2D eigenvalue weighted by atomic mass is 9.94. The van der Waals surface area contributed by atoms with Gasteiger partial charge in [-0.05, 0) is 13.8 Å². The molecular formula is C52H90N2O39. The SMILES string of the molecule is CC(=O)N[C@H]1[C@H](OC[C@H]2O[C@@H](O[C@@H]([C@H](O)[C@@H](O)CO)[C@H](O)CO)[C@H](O)[C@@H](O[C@@H]3O[C@H](CO)[C@@H](O[C@@H]4O[C@H](CO)[C@H](O)[C@H](O)[C@H]4O[C@@H]4O[C@@H](C)[C@@H](O)[C@@H](O)[C@@H]4O)[C@H](O)[C@H]3NC(C)=O)[C@H]2O)O[C@H](CO)[C@@H](O[C@@H]2O[C@H](CO)[C@H](O)[C@H](O)[C@H]2O[C@@H]2O[C@@H](C)[C@@H](O)[C@@H](O)[C@@H]2O)[C@@H]1O. The van der Waals surface area contributed by atoms with E-state index >= 15 is 0 Å². The Morgan fingerprint density at radius 1 is 0.366 bits per heavy atom. The topological polar surface area (TPSA) is 653 Å². The minimum absolute atomic E-state index is 0.894. The van der Waals surface area contributed by atoms with Crippen LogP contribution in [-0.2, 0) is 75.9 Å². The van der Waals surface area contributed by atoms with Gasteiger partial charge in [0, 0.05) is 13.8 Å². The maximum absolute atomic E-state index is 12.9. The molecule has 7 fully saturated rings. The summed E-state index contributed by atoms with van der Waals surface area (Å²) in [5, 5.41) is 254. The Hall–Kier alpha value is -2.54. The van der Waals surface area contributed by atoms with Crippen LogP contribution < -0.4 is 10.6 Å². The van der Waals surface area contributed by atoms with E-state index in [0.717, 1.165) is 13.8 Å². The van der Waals surface area contributed by atoms with Gasteiger partial charge in [0.1, 0.15) is 183 Å². The highest BCUT2D eigenvalue weighted by atomic mass is 16.8. The third-order valence-corrected chi connectivity index (χ3v) is 17.0. The maximum Gasteiger partial charge on any atom is 0.217 e. The summed E-state index contributed by atoms with van der Waals surface area (Å²) in [6.45, 7) is -3.17. The Morgan fingerprint density at radius 2 is 0.742 bits per heavy atom. The molecule has 0 radical (unpaired) electrons. The first kappa shape index (κ1) is 77.8. The summed E-state index contributed by atoms with van der Waals surface area (Å²) in [5.41, 5.74) is 0. The van der Waals surface area contributed by atoms with Crippen molar-refractivity contribution in [3.63, 3.8) is 0 Å². The van der Waals surface area contributed by atoms with Crippen LogP contribution >= 0.6 is 0 Å². The molecule has 41 heteroatoms. The van der Waals surface area contributed by atoms with Crippen LogP contribution in [0.3, 0.4) is 0 Å². The fourth-order valence-electron chi connectivity index (χ4n) is 11.6. The summed E-state index contributed by atoms with van der Waals surface area (Å²) in [4.78, 5) is 25.8. The number of hydrogen-bond acceptors (Lipinski definition) is 39. The summed E-state index contributed by atoms with van der Waals surface area (Å²) in [6.07, 6.45) is -72.7. The highest BCUT2D eigenvalue weighted by Crippen LogP contribution is 2.38. The van der Waals surface area contributed by atoms with E-state index in [1.165, 1.54) is 13.8 Å². The normalized spacial score (nSPS) is 48.1. The zero-order valence-electron chi connectivity index (χ0n) is 50.3. The largest absolute Gasteiger partial charge is 0.394 e. The summed E-state index contributed by atoms with van der Waals surface area (Å²) >= 11 is 0. The lowest BCUT2D eigenvalue weighted by Crippen LogP contribution is -2.70. The van der Waals surface area contributed by atoms with Gasteiger partial charge in [0.2, 0.25) is 11.8 Å². The molecule has 41 nitrogen and oxygen atoms in total. The maximum atomic E-state index is 12.9.